The maximum atomic E-state index is 12.5. The van der Waals surface area contributed by atoms with Crippen LogP contribution in [0.5, 0.6) is 0 Å². The third-order valence-electron chi connectivity index (χ3n) is 4.97. The summed E-state index contributed by atoms with van der Waals surface area (Å²) in [6, 6.07) is 0.462. The second-order valence-electron chi connectivity index (χ2n) is 6.49. The standard InChI is InChI=1S/C16H31N3O2/c1-17(15-6-3-2-4-7-15)16(21)14-19-9-5-8-18(10-11-19)12-13-20/h15,20H,2-14H2,1H3. The first-order valence-electron chi connectivity index (χ1n) is 8.52. The lowest BCUT2D eigenvalue weighted by molar-refractivity contribution is -0.133. The molecule has 1 N–H and O–H groups in total. The van der Waals surface area contributed by atoms with Gasteiger partial charge in [-0.3, -0.25) is 14.6 Å². The van der Waals surface area contributed by atoms with Crippen LogP contribution in [-0.2, 0) is 4.79 Å². The molecule has 1 saturated heterocycles. The second-order valence-corrected chi connectivity index (χ2v) is 6.49. The average Bonchev–Trinajstić information content (AvgIpc) is 2.73. The Morgan fingerprint density at radius 1 is 1.05 bits per heavy atom. The van der Waals surface area contributed by atoms with Crippen LogP contribution >= 0.6 is 0 Å². The third kappa shape index (κ3) is 5.24. The van der Waals surface area contributed by atoms with E-state index in [4.69, 9.17) is 5.11 Å². The summed E-state index contributed by atoms with van der Waals surface area (Å²) in [4.78, 5) is 19.0. The van der Waals surface area contributed by atoms with Crippen LogP contribution in [0, 0.1) is 0 Å². The number of nitrogens with zero attached hydrogens (tertiary/aromatic N) is 3. The number of carbonyl (C=O) groups is 1. The Morgan fingerprint density at radius 3 is 2.43 bits per heavy atom. The number of aliphatic hydroxyl groups is 1. The molecule has 0 aromatic heterocycles. The van der Waals surface area contributed by atoms with Crippen molar-refractivity contribution in [2.24, 2.45) is 0 Å². The molecule has 0 spiro atoms. The number of amides is 1. The van der Waals surface area contributed by atoms with E-state index in [1.807, 2.05) is 11.9 Å². The van der Waals surface area contributed by atoms with E-state index in [1.54, 1.807) is 0 Å². The van der Waals surface area contributed by atoms with Gasteiger partial charge < -0.3 is 10.0 Å². The van der Waals surface area contributed by atoms with Crippen LogP contribution in [-0.4, -0.2) is 84.7 Å². The van der Waals surface area contributed by atoms with E-state index in [1.165, 1.54) is 32.1 Å². The molecule has 1 aliphatic heterocycles. The van der Waals surface area contributed by atoms with E-state index >= 15 is 0 Å². The molecule has 0 bridgehead atoms. The number of β-amino-alcohol motifs (C(OH)–C–C–N with tert-alkyl or cyclic N) is 1. The summed E-state index contributed by atoms with van der Waals surface area (Å²) in [6.45, 7) is 5.45. The molecule has 1 amide bonds. The summed E-state index contributed by atoms with van der Waals surface area (Å²) in [5.41, 5.74) is 0. The van der Waals surface area contributed by atoms with Gasteiger partial charge in [0.15, 0.2) is 0 Å². The molecule has 0 aromatic carbocycles. The van der Waals surface area contributed by atoms with Gasteiger partial charge in [0.1, 0.15) is 0 Å². The maximum Gasteiger partial charge on any atom is 0.236 e. The normalized spacial score (nSPS) is 23.0. The predicted molar refractivity (Wildman–Crippen MR) is 84.2 cm³/mol. The summed E-state index contributed by atoms with van der Waals surface area (Å²) in [7, 11) is 1.98. The fourth-order valence-corrected chi connectivity index (χ4v) is 3.52. The van der Waals surface area contributed by atoms with Crippen molar-refractivity contribution < 1.29 is 9.90 Å². The summed E-state index contributed by atoms with van der Waals surface area (Å²) in [5.74, 6) is 0.275. The first-order valence-corrected chi connectivity index (χ1v) is 8.52. The lowest BCUT2D eigenvalue weighted by atomic mass is 9.94. The average molecular weight is 297 g/mol. The van der Waals surface area contributed by atoms with Crippen LogP contribution in [0.1, 0.15) is 38.5 Å². The monoisotopic (exact) mass is 297 g/mol. The Labute approximate surface area is 128 Å². The SMILES string of the molecule is CN(C(=O)CN1CCCN(CCO)CC1)C1CCCCC1. The zero-order valence-corrected chi connectivity index (χ0v) is 13.5. The van der Waals surface area contributed by atoms with E-state index in [-0.39, 0.29) is 12.5 Å². The van der Waals surface area contributed by atoms with Gasteiger partial charge in [0.25, 0.3) is 0 Å². The van der Waals surface area contributed by atoms with Crippen molar-refractivity contribution in [3.8, 4) is 0 Å². The van der Waals surface area contributed by atoms with E-state index in [0.29, 0.717) is 12.6 Å². The Kier molecular flexibility index (Phi) is 6.93. The number of hydrogen-bond donors (Lipinski definition) is 1. The van der Waals surface area contributed by atoms with E-state index < -0.39 is 0 Å². The van der Waals surface area contributed by atoms with Crippen LogP contribution in [0.25, 0.3) is 0 Å². The first-order chi connectivity index (χ1) is 10.2. The van der Waals surface area contributed by atoms with Gasteiger partial charge in [-0.1, -0.05) is 19.3 Å². The molecule has 0 atom stereocenters. The molecular formula is C16H31N3O2. The van der Waals surface area contributed by atoms with Gasteiger partial charge in [0.05, 0.1) is 13.2 Å². The summed E-state index contributed by atoms with van der Waals surface area (Å²) >= 11 is 0. The molecule has 0 aromatic rings. The number of rotatable bonds is 5. The van der Waals surface area contributed by atoms with Crippen LogP contribution in [0.3, 0.4) is 0 Å². The number of aliphatic hydroxyl groups excluding tert-OH is 1. The lowest BCUT2D eigenvalue weighted by Crippen LogP contribution is -2.45. The van der Waals surface area contributed by atoms with E-state index in [9.17, 15) is 4.79 Å². The molecule has 1 saturated carbocycles. The van der Waals surface area contributed by atoms with Gasteiger partial charge in [0, 0.05) is 32.7 Å². The number of likely N-dealkylation sites (N-methyl/N-ethyl adjacent to an activating group) is 1. The van der Waals surface area contributed by atoms with Gasteiger partial charge in [-0.15, -0.1) is 0 Å². The molecule has 1 aliphatic carbocycles. The van der Waals surface area contributed by atoms with Crippen molar-refractivity contribution in [3.05, 3.63) is 0 Å². The van der Waals surface area contributed by atoms with Crippen molar-refractivity contribution in [1.29, 1.82) is 0 Å². The molecule has 5 nitrogen and oxygen atoms in total. The summed E-state index contributed by atoms with van der Waals surface area (Å²) in [6.07, 6.45) is 7.29. The van der Waals surface area contributed by atoms with Crippen molar-refractivity contribution in [2.75, 3.05) is 52.9 Å². The first kappa shape index (κ1) is 16.7. The largest absolute Gasteiger partial charge is 0.395 e. The fourth-order valence-electron chi connectivity index (χ4n) is 3.52. The Morgan fingerprint density at radius 2 is 1.71 bits per heavy atom. The van der Waals surface area contributed by atoms with Crippen LogP contribution < -0.4 is 0 Å². The highest BCUT2D eigenvalue weighted by Gasteiger charge is 2.24. The van der Waals surface area contributed by atoms with Crippen molar-refractivity contribution in [3.63, 3.8) is 0 Å². The summed E-state index contributed by atoms with van der Waals surface area (Å²) in [5, 5.41) is 9.02. The minimum Gasteiger partial charge on any atom is -0.395 e. The third-order valence-corrected chi connectivity index (χ3v) is 4.97. The predicted octanol–water partition coefficient (Wildman–Crippen LogP) is 0.778. The van der Waals surface area contributed by atoms with Gasteiger partial charge in [-0.25, -0.2) is 0 Å². The number of carbonyl (C=O) groups excluding carboxylic acids is 1. The molecule has 2 aliphatic rings. The maximum absolute atomic E-state index is 12.5. The fraction of sp³-hybridized carbons (Fsp3) is 0.938. The number of hydrogen-bond acceptors (Lipinski definition) is 4. The van der Waals surface area contributed by atoms with Crippen molar-refractivity contribution in [2.45, 2.75) is 44.6 Å². The second kappa shape index (κ2) is 8.71. The molecular weight excluding hydrogens is 266 g/mol. The summed E-state index contributed by atoms with van der Waals surface area (Å²) < 4.78 is 0. The van der Waals surface area contributed by atoms with Crippen LogP contribution in [0.4, 0.5) is 0 Å². The topological polar surface area (TPSA) is 47.0 Å². The molecule has 21 heavy (non-hydrogen) atoms. The van der Waals surface area contributed by atoms with Crippen molar-refractivity contribution >= 4 is 5.91 Å². The van der Waals surface area contributed by atoms with Crippen molar-refractivity contribution in [1.82, 2.24) is 14.7 Å². The zero-order chi connectivity index (χ0) is 15.1. The lowest BCUT2D eigenvalue weighted by Gasteiger charge is -2.33. The van der Waals surface area contributed by atoms with Gasteiger partial charge in [-0.2, -0.15) is 0 Å². The van der Waals surface area contributed by atoms with Crippen LogP contribution in [0.15, 0.2) is 0 Å². The quantitative estimate of drug-likeness (QED) is 0.814. The highest BCUT2D eigenvalue weighted by Crippen LogP contribution is 2.21. The highest BCUT2D eigenvalue weighted by atomic mass is 16.3. The minimum absolute atomic E-state index is 0.226. The molecule has 5 heteroatoms. The van der Waals surface area contributed by atoms with Crippen LogP contribution in [0.2, 0.25) is 0 Å². The van der Waals surface area contributed by atoms with E-state index in [2.05, 4.69) is 9.80 Å². The van der Waals surface area contributed by atoms with Gasteiger partial charge in [-0.05, 0) is 32.4 Å². The molecule has 122 valence electrons. The smallest absolute Gasteiger partial charge is 0.236 e. The molecule has 0 radical (unpaired) electrons. The van der Waals surface area contributed by atoms with Gasteiger partial charge >= 0.3 is 0 Å². The van der Waals surface area contributed by atoms with Gasteiger partial charge in [0.2, 0.25) is 5.91 Å². The Bertz CT molecular complexity index is 319. The minimum atomic E-state index is 0.226. The Balaban J connectivity index is 1.76. The highest BCUT2D eigenvalue weighted by molar-refractivity contribution is 5.78. The molecule has 2 fully saturated rings. The molecule has 0 unspecified atom stereocenters. The Hall–Kier alpha value is -0.650. The zero-order valence-electron chi connectivity index (χ0n) is 13.5. The molecule has 2 rings (SSSR count). The van der Waals surface area contributed by atoms with E-state index in [0.717, 1.165) is 39.1 Å². The molecule has 1 heterocycles.